The van der Waals surface area contributed by atoms with Crippen molar-refractivity contribution in [1.29, 1.82) is 0 Å². The van der Waals surface area contributed by atoms with Gasteiger partial charge in [0.05, 0.1) is 27.7 Å². The molecule has 0 rings (SSSR count). The van der Waals surface area contributed by atoms with Gasteiger partial charge in [-0.1, -0.05) is 303 Å². The molecular formula is C76H134NO8P. The number of unbranched alkanes of at least 4 members (excludes halogenated alkanes) is 33. The van der Waals surface area contributed by atoms with Crippen LogP contribution in [0, 0.1) is 0 Å². The molecule has 0 spiro atoms. The highest BCUT2D eigenvalue weighted by Gasteiger charge is 2.22. The molecule has 0 aromatic heterocycles. The van der Waals surface area contributed by atoms with E-state index in [2.05, 4.69) is 123 Å². The van der Waals surface area contributed by atoms with Crippen molar-refractivity contribution in [3.05, 3.63) is 109 Å². The van der Waals surface area contributed by atoms with E-state index in [1.54, 1.807) is 0 Å². The Kier molecular flexibility index (Phi) is 63.5. The summed E-state index contributed by atoms with van der Waals surface area (Å²) in [5.41, 5.74) is 0. The van der Waals surface area contributed by atoms with Crippen LogP contribution in [-0.4, -0.2) is 70.0 Å². The standard InChI is InChI=1S/C76H134NO8P/c1-6-8-10-12-14-16-18-20-22-24-26-28-30-32-34-35-36-37-38-39-40-41-43-44-46-48-50-52-54-56-58-60-62-64-66-68-75(78)82-72-74(73-84-86(80,81)83-71-70-77(3,4)5)85-76(79)69-67-65-63-61-59-57-55-53-51-49-47-45-42-33-31-29-27-25-23-21-19-17-15-13-11-9-7-2/h9,11,15,17-18,20-21,23-24,26-27,29,33,42,47,49,53,55,74H,6-8,10,12-14,16,19,22,25,28,30-32,34-41,43-46,48,50-52,54,56-73H2,1-5H3/b11-9-,17-15-,20-18-,23-21-,26-24-,29-27-,42-33-,49-47-,55-53-. The van der Waals surface area contributed by atoms with Crippen molar-refractivity contribution in [3.8, 4) is 0 Å². The molecule has 0 aromatic carbocycles. The van der Waals surface area contributed by atoms with Crippen LogP contribution >= 0.6 is 7.82 Å². The van der Waals surface area contributed by atoms with Gasteiger partial charge in [-0.25, -0.2) is 0 Å². The van der Waals surface area contributed by atoms with Crippen LogP contribution in [0.15, 0.2) is 109 Å². The first-order valence-electron chi connectivity index (χ1n) is 35.6. The van der Waals surface area contributed by atoms with Crippen molar-refractivity contribution < 1.29 is 42.1 Å². The highest BCUT2D eigenvalue weighted by Crippen LogP contribution is 2.38. The van der Waals surface area contributed by atoms with Crippen LogP contribution in [0.25, 0.3) is 0 Å². The zero-order valence-corrected chi connectivity index (χ0v) is 57.4. The van der Waals surface area contributed by atoms with Crippen LogP contribution in [0.1, 0.15) is 309 Å². The Morgan fingerprint density at radius 3 is 0.988 bits per heavy atom. The van der Waals surface area contributed by atoms with E-state index < -0.39 is 26.5 Å². The molecule has 2 atom stereocenters. The highest BCUT2D eigenvalue weighted by atomic mass is 31.2. The number of rotatable bonds is 65. The van der Waals surface area contributed by atoms with E-state index in [0.717, 1.165) is 103 Å². The molecule has 0 saturated carbocycles. The third kappa shape index (κ3) is 69.8. The number of esters is 2. The summed E-state index contributed by atoms with van der Waals surface area (Å²) < 4.78 is 34.3. The predicted molar refractivity (Wildman–Crippen MR) is 369 cm³/mol. The maximum Gasteiger partial charge on any atom is 0.306 e. The SMILES string of the molecule is CC/C=C\C/C=C\C/C=C\C/C=C\C/C=C\C/C=C\C/C=C\CCCCCCCC(=O)OC(COC(=O)CCCCCCCCCCCCCCCCCCCCCCCCC/C=C\C/C=C\CCCCCCC)COP(=O)([O-])OCC[N+](C)(C)C. The van der Waals surface area contributed by atoms with E-state index in [-0.39, 0.29) is 32.0 Å². The summed E-state index contributed by atoms with van der Waals surface area (Å²) in [4.78, 5) is 38.1. The van der Waals surface area contributed by atoms with Crippen molar-refractivity contribution in [2.45, 2.75) is 315 Å². The maximum atomic E-state index is 12.9. The third-order valence-electron chi connectivity index (χ3n) is 15.3. The molecule has 0 aliphatic heterocycles. The Hall–Kier alpha value is -3.33. The Morgan fingerprint density at radius 2 is 0.663 bits per heavy atom. The number of allylic oxidation sites excluding steroid dienone is 18. The Bertz CT molecular complexity index is 1820. The summed E-state index contributed by atoms with van der Waals surface area (Å²) in [6, 6.07) is 0. The monoisotopic (exact) mass is 1220 g/mol. The molecule has 0 saturated heterocycles. The van der Waals surface area contributed by atoms with E-state index in [1.165, 1.54) is 173 Å². The number of nitrogens with zero attached hydrogens (tertiary/aromatic N) is 1. The van der Waals surface area contributed by atoms with E-state index in [1.807, 2.05) is 21.1 Å². The van der Waals surface area contributed by atoms with Gasteiger partial charge >= 0.3 is 11.9 Å². The second-order valence-corrected chi connectivity index (χ2v) is 26.3. The normalized spacial score (nSPS) is 13.8. The van der Waals surface area contributed by atoms with Gasteiger partial charge in [0, 0.05) is 12.8 Å². The average Bonchev–Trinajstić information content (AvgIpc) is 3.53. The second-order valence-electron chi connectivity index (χ2n) is 24.9. The molecule has 0 aliphatic carbocycles. The Morgan fingerprint density at radius 1 is 0.372 bits per heavy atom. The lowest BCUT2D eigenvalue weighted by atomic mass is 10.0. The number of quaternary nitrogens is 1. The molecule has 0 aromatic rings. The first-order valence-corrected chi connectivity index (χ1v) is 37.1. The number of hydrogen-bond donors (Lipinski definition) is 0. The summed E-state index contributed by atoms with van der Waals surface area (Å²) >= 11 is 0. The summed E-state index contributed by atoms with van der Waals surface area (Å²) in [5, 5.41) is 0. The molecule has 496 valence electrons. The smallest absolute Gasteiger partial charge is 0.306 e. The average molecular weight is 1220 g/mol. The second kappa shape index (κ2) is 66.1. The van der Waals surface area contributed by atoms with Gasteiger partial charge in [-0.05, 0) is 103 Å². The molecule has 0 N–H and O–H groups in total. The fourth-order valence-corrected chi connectivity index (χ4v) is 10.6. The zero-order valence-electron chi connectivity index (χ0n) is 56.5. The lowest BCUT2D eigenvalue weighted by molar-refractivity contribution is -0.870. The highest BCUT2D eigenvalue weighted by molar-refractivity contribution is 7.45. The molecule has 0 heterocycles. The lowest BCUT2D eigenvalue weighted by Crippen LogP contribution is -2.37. The van der Waals surface area contributed by atoms with Crippen LogP contribution in [0.4, 0.5) is 0 Å². The lowest BCUT2D eigenvalue weighted by Gasteiger charge is -2.28. The van der Waals surface area contributed by atoms with E-state index in [9.17, 15) is 19.0 Å². The molecule has 86 heavy (non-hydrogen) atoms. The van der Waals surface area contributed by atoms with Crippen molar-refractivity contribution in [3.63, 3.8) is 0 Å². The number of phosphoric acid groups is 1. The number of carbonyl (C=O) groups is 2. The van der Waals surface area contributed by atoms with Crippen molar-refractivity contribution in [2.24, 2.45) is 0 Å². The van der Waals surface area contributed by atoms with E-state index >= 15 is 0 Å². The molecular weight excluding hydrogens is 1090 g/mol. The van der Waals surface area contributed by atoms with Gasteiger partial charge in [-0.15, -0.1) is 0 Å². The molecule has 0 amide bonds. The molecule has 0 fully saturated rings. The minimum Gasteiger partial charge on any atom is -0.756 e. The van der Waals surface area contributed by atoms with Gasteiger partial charge in [-0.3, -0.25) is 14.2 Å². The summed E-state index contributed by atoms with van der Waals surface area (Å²) in [5.74, 6) is -0.851. The van der Waals surface area contributed by atoms with Crippen LogP contribution < -0.4 is 4.89 Å². The molecule has 2 unspecified atom stereocenters. The van der Waals surface area contributed by atoms with Gasteiger partial charge in [0.15, 0.2) is 6.10 Å². The minimum absolute atomic E-state index is 0.0391. The van der Waals surface area contributed by atoms with Gasteiger partial charge in [0.1, 0.15) is 19.8 Å². The number of likely N-dealkylation sites (N-methyl/N-ethyl adjacent to an activating group) is 1. The summed E-state index contributed by atoms with van der Waals surface area (Å²) in [6.45, 7) is 4.11. The zero-order chi connectivity index (χ0) is 62.6. The molecule has 0 radical (unpaired) electrons. The minimum atomic E-state index is -4.65. The van der Waals surface area contributed by atoms with E-state index in [0.29, 0.717) is 17.4 Å². The van der Waals surface area contributed by atoms with Crippen LogP contribution in [0.2, 0.25) is 0 Å². The quantitative estimate of drug-likeness (QED) is 0.0195. The Labute approximate surface area is 531 Å². The van der Waals surface area contributed by atoms with Crippen molar-refractivity contribution in [2.75, 3.05) is 47.5 Å². The van der Waals surface area contributed by atoms with E-state index in [4.69, 9.17) is 18.5 Å². The van der Waals surface area contributed by atoms with Gasteiger partial charge in [0.2, 0.25) is 0 Å². The van der Waals surface area contributed by atoms with Gasteiger partial charge in [0.25, 0.3) is 7.82 Å². The Balaban J connectivity index is 4.05. The number of carbonyl (C=O) groups excluding carboxylic acids is 2. The first-order chi connectivity index (χ1) is 42.0. The molecule has 0 aliphatic rings. The number of ether oxygens (including phenoxy) is 2. The third-order valence-corrected chi connectivity index (χ3v) is 16.2. The number of hydrogen-bond acceptors (Lipinski definition) is 8. The van der Waals surface area contributed by atoms with Gasteiger partial charge < -0.3 is 27.9 Å². The largest absolute Gasteiger partial charge is 0.756 e. The molecule has 0 bridgehead atoms. The fraction of sp³-hybridized carbons (Fsp3) is 0.737. The van der Waals surface area contributed by atoms with Crippen molar-refractivity contribution in [1.82, 2.24) is 0 Å². The first kappa shape index (κ1) is 82.7. The van der Waals surface area contributed by atoms with Crippen LogP contribution in [0.5, 0.6) is 0 Å². The van der Waals surface area contributed by atoms with Crippen molar-refractivity contribution >= 4 is 19.8 Å². The van der Waals surface area contributed by atoms with Crippen LogP contribution in [0.3, 0.4) is 0 Å². The van der Waals surface area contributed by atoms with Crippen LogP contribution in [-0.2, 0) is 32.7 Å². The maximum absolute atomic E-state index is 12.9. The molecule has 10 heteroatoms. The summed E-state index contributed by atoms with van der Waals surface area (Å²) in [6.07, 6.45) is 93.2. The molecule has 9 nitrogen and oxygen atoms in total. The predicted octanol–water partition coefficient (Wildman–Crippen LogP) is 22.6. The van der Waals surface area contributed by atoms with Gasteiger partial charge in [-0.2, -0.15) is 0 Å². The fourth-order valence-electron chi connectivity index (χ4n) is 9.85. The summed E-state index contributed by atoms with van der Waals surface area (Å²) in [7, 11) is 1.15. The topological polar surface area (TPSA) is 111 Å². The number of phosphoric ester groups is 1.